The van der Waals surface area contributed by atoms with Gasteiger partial charge in [-0.3, -0.25) is 9.69 Å². The number of nitrogens with one attached hydrogen (secondary N) is 2. The number of aromatic amines is 1. The number of carbonyl (C=O) groups excluding carboxylic acids is 1. The number of nitrogens with zero attached hydrogens (tertiary/aromatic N) is 1. The summed E-state index contributed by atoms with van der Waals surface area (Å²) in [4.78, 5) is 17.4. The topological polar surface area (TPSA) is 57.4 Å². The molecule has 1 aliphatic rings. The van der Waals surface area contributed by atoms with Crippen LogP contribution in [0.1, 0.15) is 24.3 Å². The third kappa shape index (κ3) is 3.62. The lowest BCUT2D eigenvalue weighted by Gasteiger charge is -2.31. The Labute approximate surface area is 142 Å². The highest BCUT2D eigenvalue weighted by Gasteiger charge is 2.24. The minimum Gasteiger partial charge on any atom is -0.497 e. The predicted octanol–water partition coefficient (Wildman–Crippen LogP) is 2.66. The number of piperidine rings is 1. The van der Waals surface area contributed by atoms with Gasteiger partial charge in [0.25, 0.3) is 0 Å². The van der Waals surface area contributed by atoms with E-state index in [2.05, 4.69) is 40.1 Å². The highest BCUT2D eigenvalue weighted by atomic mass is 16.5. The zero-order chi connectivity index (χ0) is 16.9. The van der Waals surface area contributed by atoms with Crippen LogP contribution in [0.15, 0.2) is 37.1 Å². The molecule has 3 rings (SSSR count). The van der Waals surface area contributed by atoms with E-state index in [1.807, 2.05) is 6.07 Å². The van der Waals surface area contributed by atoms with Crippen LogP contribution in [-0.2, 0) is 4.79 Å². The second-order valence-corrected chi connectivity index (χ2v) is 6.30. The monoisotopic (exact) mass is 327 g/mol. The fourth-order valence-electron chi connectivity index (χ4n) is 3.43. The number of hydrogen-bond acceptors (Lipinski definition) is 3. The molecule has 1 fully saturated rings. The lowest BCUT2D eigenvalue weighted by molar-refractivity contribution is -0.122. The first-order valence-corrected chi connectivity index (χ1v) is 8.46. The summed E-state index contributed by atoms with van der Waals surface area (Å²) in [6.45, 7) is 6.52. The van der Waals surface area contributed by atoms with E-state index >= 15 is 0 Å². The number of methoxy groups -OCH3 is 1. The molecular weight excluding hydrogens is 302 g/mol. The summed E-state index contributed by atoms with van der Waals surface area (Å²) in [5.41, 5.74) is 2.51. The summed E-state index contributed by atoms with van der Waals surface area (Å²) in [7, 11) is 1.70. The molecule has 5 nitrogen and oxygen atoms in total. The van der Waals surface area contributed by atoms with Crippen LogP contribution in [0.2, 0.25) is 0 Å². The number of likely N-dealkylation sites (tertiary alicyclic amines) is 1. The summed E-state index contributed by atoms with van der Waals surface area (Å²) in [6.07, 6.45) is 5.97. The lowest BCUT2D eigenvalue weighted by Crippen LogP contribution is -2.41. The van der Waals surface area contributed by atoms with E-state index in [0.717, 1.165) is 37.2 Å². The van der Waals surface area contributed by atoms with Crippen molar-refractivity contribution in [3.8, 4) is 5.75 Å². The van der Waals surface area contributed by atoms with E-state index in [0.29, 0.717) is 19.0 Å². The summed E-state index contributed by atoms with van der Waals surface area (Å²) < 4.78 is 5.35. The van der Waals surface area contributed by atoms with Gasteiger partial charge in [-0.05, 0) is 55.6 Å². The van der Waals surface area contributed by atoms with E-state index in [1.54, 1.807) is 13.2 Å². The van der Waals surface area contributed by atoms with E-state index < -0.39 is 0 Å². The Bertz CT molecular complexity index is 714. The van der Waals surface area contributed by atoms with Crippen LogP contribution >= 0.6 is 0 Å². The average Bonchev–Trinajstić information content (AvgIpc) is 3.03. The van der Waals surface area contributed by atoms with Gasteiger partial charge in [0.15, 0.2) is 0 Å². The lowest BCUT2D eigenvalue weighted by atomic mass is 9.89. The van der Waals surface area contributed by atoms with Crippen molar-refractivity contribution in [2.24, 2.45) is 0 Å². The Morgan fingerprint density at radius 3 is 2.96 bits per heavy atom. The van der Waals surface area contributed by atoms with Gasteiger partial charge < -0.3 is 15.0 Å². The molecule has 0 spiro atoms. The molecule has 1 aromatic heterocycles. The molecule has 0 saturated carbocycles. The molecule has 1 aliphatic heterocycles. The molecule has 0 unspecified atom stereocenters. The molecule has 1 aromatic carbocycles. The first-order chi connectivity index (χ1) is 11.7. The van der Waals surface area contributed by atoms with Gasteiger partial charge in [0, 0.05) is 23.6 Å². The van der Waals surface area contributed by atoms with Crippen LogP contribution in [0, 0.1) is 0 Å². The van der Waals surface area contributed by atoms with Crippen LogP contribution < -0.4 is 10.1 Å². The van der Waals surface area contributed by atoms with Crippen molar-refractivity contribution in [3.05, 3.63) is 42.6 Å². The van der Waals surface area contributed by atoms with Crippen LogP contribution in [0.4, 0.5) is 0 Å². The Morgan fingerprint density at radius 2 is 2.25 bits per heavy atom. The SMILES string of the molecule is C=CCNC(=O)CN1CCC(c2c[nH]c3ccc(OC)cc23)CC1. The third-order valence-corrected chi connectivity index (χ3v) is 4.76. The maximum atomic E-state index is 11.8. The van der Waals surface area contributed by atoms with E-state index in [1.165, 1.54) is 10.9 Å². The van der Waals surface area contributed by atoms with Crippen molar-refractivity contribution in [1.82, 2.24) is 15.2 Å². The van der Waals surface area contributed by atoms with Crippen molar-refractivity contribution < 1.29 is 9.53 Å². The summed E-state index contributed by atoms with van der Waals surface area (Å²) in [6, 6.07) is 6.15. The van der Waals surface area contributed by atoms with Crippen molar-refractivity contribution in [2.45, 2.75) is 18.8 Å². The number of fused-ring (bicyclic) bond motifs is 1. The molecular formula is C19H25N3O2. The number of H-pyrrole nitrogens is 1. The number of hydrogen-bond donors (Lipinski definition) is 2. The second kappa shape index (κ2) is 7.53. The third-order valence-electron chi connectivity index (χ3n) is 4.76. The smallest absolute Gasteiger partial charge is 0.234 e. The molecule has 0 bridgehead atoms. The Hall–Kier alpha value is -2.27. The first-order valence-electron chi connectivity index (χ1n) is 8.46. The maximum absolute atomic E-state index is 11.8. The number of carbonyl (C=O) groups is 1. The normalized spacial score (nSPS) is 16.2. The van der Waals surface area contributed by atoms with Gasteiger partial charge in [-0.25, -0.2) is 0 Å². The van der Waals surface area contributed by atoms with Crippen LogP contribution in [-0.4, -0.2) is 49.1 Å². The van der Waals surface area contributed by atoms with Gasteiger partial charge >= 0.3 is 0 Å². The summed E-state index contributed by atoms with van der Waals surface area (Å²) >= 11 is 0. The number of amides is 1. The molecule has 5 heteroatoms. The number of aromatic nitrogens is 1. The van der Waals surface area contributed by atoms with Crippen molar-refractivity contribution >= 4 is 16.8 Å². The van der Waals surface area contributed by atoms with Gasteiger partial charge in [-0.15, -0.1) is 6.58 Å². The zero-order valence-electron chi connectivity index (χ0n) is 14.2. The highest BCUT2D eigenvalue weighted by molar-refractivity contribution is 5.85. The van der Waals surface area contributed by atoms with E-state index in [9.17, 15) is 4.79 Å². The van der Waals surface area contributed by atoms with Crippen LogP contribution in [0.5, 0.6) is 5.75 Å². The molecule has 2 N–H and O–H groups in total. The molecule has 0 radical (unpaired) electrons. The Balaban J connectivity index is 1.62. The minimum absolute atomic E-state index is 0.0742. The maximum Gasteiger partial charge on any atom is 0.234 e. The first kappa shape index (κ1) is 16.6. The van der Waals surface area contributed by atoms with Gasteiger partial charge in [-0.1, -0.05) is 6.08 Å². The van der Waals surface area contributed by atoms with Crippen molar-refractivity contribution in [3.63, 3.8) is 0 Å². The van der Waals surface area contributed by atoms with Gasteiger partial charge in [-0.2, -0.15) is 0 Å². The fraction of sp³-hybridized carbons (Fsp3) is 0.421. The number of benzene rings is 1. The van der Waals surface area contributed by atoms with E-state index in [-0.39, 0.29) is 5.91 Å². The highest BCUT2D eigenvalue weighted by Crippen LogP contribution is 2.34. The van der Waals surface area contributed by atoms with Crippen molar-refractivity contribution in [2.75, 3.05) is 33.3 Å². The average molecular weight is 327 g/mol. The van der Waals surface area contributed by atoms with Gasteiger partial charge in [0.2, 0.25) is 5.91 Å². The van der Waals surface area contributed by atoms with Gasteiger partial charge in [0.1, 0.15) is 5.75 Å². The number of ether oxygens (including phenoxy) is 1. The van der Waals surface area contributed by atoms with Gasteiger partial charge in [0.05, 0.1) is 13.7 Å². The molecule has 128 valence electrons. The largest absolute Gasteiger partial charge is 0.497 e. The second-order valence-electron chi connectivity index (χ2n) is 6.30. The Kier molecular flexibility index (Phi) is 5.20. The molecule has 2 aromatic rings. The summed E-state index contributed by atoms with van der Waals surface area (Å²) in [5, 5.41) is 4.08. The zero-order valence-corrected chi connectivity index (χ0v) is 14.2. The predicted molar refractivity (Wildman–Crippen MR) is 96.5 cm³/mol. The minimum atomic E-state index is 0.0742. The molecule has 2 heterocycles. The van der Waals surface area contributed by atoms with Crippen LogP contribution in [0.3, 0.4) is 0 Å². The number of rotatable bonds is 6. The standard InChI is InChI=1S/C19H25N3O2/c1-3-8-20-19(23)13-22-9-6-14(7-10-22)17-12-21-18-5-4-15(24-2)11-16(17)18/h3-5,11-12,14,21H,1,6-10,13H2,2H3,(H,20,23). The quantitative estimate of drug-likeness (QED) is 0.802. The van der Waals surface area contributed by atoms with E-state index in [4.69, 9.17) is 4.74 Å². The Morgan fingerprint density at radius 1 is 1.46 bits per heavy atom. The van der Waals surface area contributed by atoms with Crippen LogP contribution in [0.25, 0.3) is 10.9 Å². The fourth-order valence-corrected chi connectivity index (χ4v) is 3.43. The molecule has 0 aliphatic carbocycles. The molecule has 1 amide bonds. The van der Waals surface area contributed by atoms with Crippen molar-refractivity contribution in [1.29, 1.82) is 0 Å². The summed E-state index contributed by atoms with van der Waals surface area (Å²) in [5.74, 6) is 1.49. The molecule has 1 saturated heterocycles. The molecule has 0 atom stereocenters. The molecule has 24 heavy (non-hydrogen) atoms.